The van der Waals surface area contributed by atoms with Crippen LogP contribution in [-0.4, -0.2) is 34.7 Å². The van der Waals surface area contributed by atoms with Gasteiger partial charge in [0.25, 0.3) is 0 Å². The molecule has 1 saturated heterocycles. The zero-order valence-electron chi connectivity index (χ0n) is 13.9. The minimum absolute atomic E-state index is 0.244. The Morgan fingerprint density at radius 2 is 1.54 bits per heavy atom. The van der Waals surface area contributed by atoms with Gasteiger partial charge in [-0.2, -0.15) is 0 Å². The molecule has 3 nitrogen and oxygen atoms in total. The van der Waals surface area contributed by atoms with E-state index in [-0.39, 0.29) is 5.75 Å². The van der Waals surface area contributed by atoms with Crippen LogP contribution in [0, 0.1) is 11.8 Å². The van der Waals surface area contributed by atoms with Crippen molar-refractivity contribution < 1.29 is 10.2 Å². The minimum atomic E-state index is -0.477. The van der Waals surface area contributed by atoms with Crippen molar-refractivity contribution in [1.82, 2.24) is 4.90 Å². The van der Waals surface area contributed by atoms with Gasteiger partial charge >= 0.3 is 0 Å². The largest absolute Gasteiger partial charge is 0.508 e. The molecule has 0 amide bonds. The van der Waals surface area contributed by atoms with Crippen molar-refractivity contribution in [1.29, 1.82) is 0 Å². The Morgan fingerprint density at radius 3 is 2.17 bits per heavy atom. The monoisotopic (exact) mass is 323 g/mol. The van der Waals surface area contributed by atoms with Crippen LogP contribution < -0.4 is 0 Å². The van der Waals surface area contributed by atoms with Crippen LogP contribution in [0.1, 0.15) is 36.0 Å². The van der Waals surface area contributed by atoms with E-state index >= 15 is 0 Å². The third-order valence-electron chi connectivity index (χ3n) is 5.81. The number of likely N-dealkylation sites (tertiary alicyclic amines) is 1. The van der Waals surface area contributed by atoms with E-state index in [4.69, 9.17) is 0 Å². The molecule has 4 atom stereocenters. The molecule has 1 saturated carbocycles. The zero-order valence-corrected chi connectivity index (χ0v) is 13.9. The van der Waals surface area contributed by atoms with Crippen LogP contribution in [0.25, 0.3) is 0 Å². The number of aromatic hydroxyl groups is 1. The van der Waals surface area contributed by atoms with Gasteiger partial charge in [-0.3, -0.25) is 4.90 Å². The van der Waals surface area contributed by atoms with Gasteiger partial charge in [0.2, 0.25) is 0 Å². The van der Waals surface area contributed by atoms with Gasteiger partial charge in [-0.1, -0.05) is 42.5 Å². The molecule has 126 valence electrons. The van der Waals surface area contributed by atoms with Gasteiger partial charge in [0.1, 0.15) is 5.75 Å². The normalized spacial score (nSPS) is 28.0. The van der Waals surface area contributed by atoms with Crippen molar-refractivity contribution in [3.8, 4) is 5.75 Å². The molecule has 1 heterocycles. The van der Waals surface area contributed by atoms with E-state index in [9.17, 15) is 10.2 Å². The number of β-amino-alcohol motifs (C(OH)–C–C–N with tert-alkyl or cyclic N) is 1. The Balaban J connectivity index is 1.33. The first-order valence-electron chi connectivity index (χ1n) is 8.93. The van der Waals surface area contributed by atoms with Gasteiger partial charge in [0.05, 0.1) is 6.10 Å². The van der Waals surface area contributed by atoms with Crippen molar-refractivity contribution in [3.63, 3.8) is 0 Å². The third-order valence-corrected chi connectivity index (χ3v) is 5.81. The second-order valence-electron chi connectivity index (χ2n) is 7.43. The first-order chi connectivity index (χ1) is 11.7. The number of aliphatic hydroxyl groups is 1. The zero-order chi connectivity index (χ0) is 16.5. The molecule has 4 rings (SSSR count). The van der Waals surface area contributed by atoms with Gasteiger partial charge in [0, 0.05) is 19.6 Å². The highest BCUT2D eigenvalue weighted by Gasteiger charge is 2.41. The molecule has 1 aliphatic heterocycles. The van der Waals surface area contributed by atoms with Crippen LogP contribution in [0.3, 0.4) is 0 Å². The highest BCUT2D eigenvalue weighted by Crippen LogP contribution is 2.46. The lowest BCUT2D eigenvalue weighted by molar-refractivity contribution is 0.121. The van der Waals surface area contributed by atoms with E-state index in [1.54, 1.807) is 12.1 Å². The topological polar surface area (TPSA) is 43.7 Å². The van der Waals surface area contributed by atoms with E-state index in [2.05, 4.69) is 35.2 Å². The molecule has 1 aliphatic carbocycles. The lowest BCUT2D eigenvalue weighted by atomic mass is 9.96. The van der Waals surface area contributed by atoms with Crippen molar-refractivity contribution in [3.05, 3.63) is 65.7 Å². The quantitative estimate of drug-likeness (QED) is 0.904. The maximum absolute atomic E-state index is 10.4. The summed E-state index contributed by atoms with van der Waals surface area (Å²) in [5.74, 6) is 2.49. The van der Waals surface area contributed by atoms with Crippen molar-refractivity contribution in [2.75, 3.05) is 19.6 Å². The molecule has 0 bridgehead atoms. The summed E-state index contributed by atoms with van der Waals surface area (Å²) in [7, 11) is 0. The summed E-state index contributed by atoms with van der Waals surface area (Å²) in [6, 6.07) is 17.8. The molecule has 2 aromatic carbocycles. The molecular formula is C21H25NO2. The smallest absolute Gasteiger partial charge is 0.115 e. The fraction of sp³-hybridized carbons (Fsp3) is 0.429. The van der Waals surface area contributed by atoms with E-state index in [0.29, 0.717) is 12.5 Å². The predicted octanol–water partition coefficient (Wildman–Crippen LogP) is 3.55. The molecule has 2 N–H and O–H groups in total. The van der Waals surface area contributed by atoms with Gasteiger partial charge in [-0.25, -0.2) is 0 Å². The SMILES string of the molecule is Oc1ccc(C(O)CN2C[C@H]3C[C@@H](c4ccccc4)C[C@H]3C2)cc1. The van der Waals surface area contributed by atoms with Crippen LogP contribution in [0.15, 0.2) is 54.6 Å². The minimum Gasteiger partial charge on any atom is -0.508 e. The second kappa shape index (κ2) is 6.58. The van der Waals surface area contributed by atoms with Crippen LogP contribution >= 0.6 is 0 Å². The maximum Gasteiger partial charge on any atom is 0.115 e. The predicted molar refractivity (Wildman–Crippen MR) is 94.9 cm³/mol. The summed E-state index contributed by atoms with van der Waals surface area (Å²) in [5.41, 5.74) is 2.37. The Bertz CT molecular complexity index is 656. The summed E-state index contributed by atoms with van der Waals surface area (Å²) in [6.45, 7) is 2.89. The number of hydrogen-bond acceptors (Lipinski definition) is 3. The summed E-state index contributed by atoms with van der Waals surface area (Å²) < 4.78 is 0. The summed E-state index contributed by atoms with van der Waals surface area (Å²) in [6.07, 6.45) is 2.08. The maximum atomic E-state index is 10.4. The molecule has 2 aliphatic rings. The average Bonchev–Trinajstić information content (AvgIpc) is 3.14. The Hall–Kier alpha value is -1.84. The number of phenols is 1. The fourth-order valence-electron chi connectivity index (χ4n) is 4.59. The first kappa shape index (κ1) is 15.7. The number of hydrogen-bond donors (Lipinski definition) is 2. The van der Waals surface area contributed by atoms with Gasteiger partial charge in [-0.15, -0.1) is 0 Å². The Kier molecular flexibility index (Phi) is 4.30. The van der Waals surface area contributed by atoms with Crippen molar-refractivity contribution >= 4 is 0 Å². The summed E-state index contributed by atoms with van der Waals surface area (Å²) >= 11 is 0. The molecule has 0 aromatic heterocycles. The van der Waals surface area contributed by atoms with E-state index in [1.165, 1.54) is 18.4 Å². The Morgan fingerprint density at radius 1 is 0.917 bits per heavy atom. The lowest BCUT2D eigenvalue weighted by Crippen LogP contribution is -2.27. The molecule has 0 spiro atoms. The summed E-state index contributed by atoms with van der Waals surface area (Å²) in [5, 5.41) is 19.8. The molecular weight excluding hydrogens is 298 g/mol. The van der Waals surface area contributed by atoms with Gasteiger partial charge in [0.15, 0.2) is 0 Å². The van der Waals surface area contributed by atoms with Crippen LogP contribution in [0.4, 0.5) is 0 Å². The second-order valence-corrected chi connectivity index (χ2v) is 7.43. The summed E-state index contributed by atoms with van der Waals surface area (Å²) in [4.78, 5) is 2.41. The van der Waals surface area contributed by atoms with Crippen LogP contribution in [-0.2, 0) is 0 Å². The first-order valence-corrected chi connectivity index (χ1v) is 8.93. The molecule has 24 heavy (non-hydrogen) atoms. The van der Waals surface area contributed by atoms with E-state index < -0.39 is 6.10 Å². The standard InChI is InChI=1S/C21H25NO2/c23-20-8-6-16(7-9-20)21(24)14-22-12-18-10-17(11-19(18)13-22)15-4-2-1-3-5-15/h1-9,17-19,21,23-24H,10-14H2/t17-,18-,19+,21?. The van der Waals surface area contributed by atoms with Crippen molar-refractivity contribution in [2.45, 2.75) is 24.9 Å². The highest BCUT2D eigenvalue weighted by atomic mass is 16.3. The molecule has 0 radical (unpaired) electrons. The van der Waals surface area contributed by atoms with Gasteiger partial charge in [-0.05, 0) is 53.9 Å². The molecule has 2 aromatic rings. The Labute approximate surface area is 143 Å². The number of aliphatic hydroxyl groups excluding tert-OH is 1. The number of phenolic OH excluding ortho intramolecular Hbond substituents is 1. The molecule has 2 fully saturated rings. The average molecular weight is 323 g/mol. The number of nitrogens with zero attached hydrogens (tertiary/aromatic N) is 1. The lowest BCUT2D eigenvalue weighted by Gasteiger charge is -2.22. The number of fused-ring (bicyclic) bond motifs is 1. The van der Waals surface area contributed by atoms with Crippen LogP contribution in [0.5, 0.6) is 5.75 Å². The molecule has 1 unspecified atom stereocenters. The van der Waals surface area contributed by atoms with Crippen molar-refractivity contribution in [2.24, 2.45) is 11.8 Å². The highest BCUT2D eigenvalue weighted by molar-refractivity contribution is 5.27. The number of benzene rings is 2. The van der Waals surface area contributed by atoms with Crippen LogP contribution in [0.2, 0.25) is 0 Å². The number of rotatable bonds is 4. The van der Waals surface area contributed by atoms with E-state index in [0.717, 1.165) is 30.5 Å². The fourth-order valence-corrected chi connectivity index (χ4v) is 4.59. The van der Waals surface area contributed by atoms with E-state index in [1.807, 2.05) is 12.1 Å². The molecule has 3 heteroatoms. The van der Waals surface area contributed by atoms with Gasteiger partial charge < -0.3 is 10.2 Å². The third kappa shape index (κ3) is 3.19.